The van der Waals surface area contributed by atoms with Crippen LogP contribution >= 0.6 is 0 Å². The van der Waals surface area contributed by atoms with Gasteiger partial charge in [0.15, 0.2) is 0 Å². The van der Waals surface area contributed by atoms with Gasteiger partial charge in [-0.05, 0) is 0 Å². The molecule has 4 nitrogen and oxygen atoms in total. The van der Waals surface area contributed by atoms with Crippen molar-refractivity contribution in [3.63, 3.8) is 0 Å². The largest absolute Gasteiger partial charge is 1.00 e. The number of hydrogen-bond donors (Lipinski definition) is 2. The van der Waals surface area contributed by atoms with Crippen LogP contribution in [0.1, 0.15) is 0 Å². The summed E-state index contributed by atoms with van der Waals surface area (Å²) in [6.45, 7) is 0. The predicted molar refractivity (Wildman–Crippen MR) is 42.5 cm³/mol. The summed E-state index contributed by atoms with van der Waals surface area (Å²) in [5.74, 6) is 0.854. The standard InChI is InChI=1S/C7H7O.CH2O3.K/c1-8-7-5-3-2-4-6-7;2-1(3)4;/h2-3,5-6H,1H3;(H2,2,3,4);/q-1;;+1. The number of carbonyl (C=O) groups is 1. The first-order valence-electron chi connectivity index (χ1n) is 3.09. The van der Waals surface area contributed by atoms with E-state index in [1.54, 1.807) is 13.2 Å². The van der Waals surface area contributed by atoms with Crippen LogP contribution in [0.2, 0.25) is 0 Å². The van der Waals surface area contributed by atoms with Crippen LogP contribution in [0.25, 0.3) is 0 Å². The van der Waals surface area contributed by atoms with Crippen molar-refractivity contribution in [2.75, 3.05) is 7.11 Å². The van der Waals surface area contributed by atoms with Gasteiger partial charge < -0.3 is 14.9 Å². The summed E-state index contributed by atoms with van der Waals surface area (Å²) < 4.78 is 4.88. The molecule has 1 aromatic carbocycles. The number of rotatable bonds is 1. The Morgan fingerprint density at radius 2 is 2.08 bits per heavy atom. The maximum Gasteiger partial charge on any atom is 1.00 e. The summed E-state index contributed by atoms with van der Waals surface area (Å²) in [6.07, 6.45) is -1.83. The molecule has 0 heterocycles. The van der Waals surface area contributed by atoms with E-state index in [1.165, 1.54) is 0 Å². The van der Waals surface area contributed by atoms with E-state index in [0.717, 1.165) is 5.75 Å². The predicted octanol–water partition coefficient (Wildman–Crippen LogP) is -1.28. The average molecular weight is 208 g/mol. The summed E-state index contributed by atoms with van der Waals surface area (Å²) >= 11 is 0. The van der Waals surface area contributed by atoms with Crippen molar-refractivity contribution in [2.24, 2.45) is 0 Å². The van der Waals surface area contributed by atoms with E-state index in [-0.39, 0.29) is 51.4 Å². The number of hydrogen-bond acceptors (Lipinski definition) is 2. The second-order valence-electron chi connectivity index (χ2n) is 1.73. The molecule has 0 amide bonds. The van der Waals surface area contributed by atoms with Crippen LogP contribution in [0.15, 0.2) is 24.3 Å². The van der Waals surface area contributed by atoms with E-state index in [1.807, 2.05) is 18.2 Å². The molecule has 0 fully saturated rings. The fraction of sp³-hybridized carbons (Fsp3) is 0.125. The molecule has 1 aromatic rings. The zero-order valence-corrected chi connectivity index (χ0v) is 10.6. The van der Waals surface area contributed by atoms with Gasteiger partial charge in [0.05, 0.1) is 7.11 Å². The number of benzene rings is 1. The third-order valence-corrected chi connectivity index (χ3v) is 0.914. The first-order chi connectivity index (χ1) is 5.66. The Kier molecular flexibility index (Phi) is 11.9. The van der Waals surface area contributed by atoms with Gasteiger partial charge in [0.2, 0.25) is 0 Å². The minimum Gasteiger partial charge on any atom is -0.554 e. The summed E-state index contributed by atoms with van der Waals surface area (Å²) in [7, 11) is 1.64. The molecule has 13 heavy (non-hydrogen) atoms. The number of ether oxygens (including phenoxy) is 1. The maximum absolute atomic E-state index is 8.56. The van der Waals surface area contributed by atoms with Crippen LogP contribution in [-0.4, -0.2) is 23.5 Å². The van der Waals surface area contributed by atoms with E-state index in [4.69, 9.17) is 19.7 Å². The topological polar surface area (TPSA) is 66.8 Å². The fourth-order valence-corrected chi connectivity index (χ4v) is 0.504. The Labute approximate surface area is 119 Å². The molecule has 0 aliphatic rings. The maximum atomic E-state index is 8.56. The second-order valence-corrected chi connectivity index (χ2v) is 1.73. The Balaban J connectivity index is 0. The third-order valence-electron chi connectivity index (χ3n) is 0.914. The molecular formula is C8H9KO4. The molecule has 0 aliphatic carbocycles. The van der Waals surface area contributed by atoms with Gasteiger partial charge >= 0.3 is 57.5 Å². The number of methoxy groups -OCH3 is 1. The second kappa shape index (κ2) is 10.0. The molecular weight excluding hydrogens is 199 g/mol. The van der Waals surface area contributed by atoms with Gasteiger partial charge in [0.25, 0.3) is 0 Å². The van der Waals surface area contributed by atoms with Crippen LogP contribution in [0, 0.1) is 6.07 Å². The average Bonchev–Trinajstić information content (AvgIpc) is 2.05. The Bertz CT molecular complexity index is 221. The van der Waals surface area contributed by atoms with Crippen molar-refractivity contribution in [3.8, 4) is 5.75 Å². The molecule has 0 unspecified atom stereocenters. The zero-order chi connectivity index (χ0) is 9.40. The van der Waals surface area contributed by atoms with E-state index >= 15 is 0 Å². The fourth-order valence-electron chi connectivity index (χ4n) is 0.504. The molecule has 0 saturated heterocycles. The first-order valence-corrected chi connectivity index (χ1v) is 3.09. The van der Waals surface area contributed by atoms with E-state index in [9.17, 15) is 0 Å². The Morgan fingerprint density at radius 3 is 2.31 bits per heavy atom. The number of carboxylic acid groups (broad SMARTS) is 2. The molecule has 66 valence electrons. The van der Waals surface area contributed by atoms with Crippen molar-refractivity contribution in [3.05, 3.63) is 30.3 Å². The first kappa shape index (κ1) is 15.4. The van der Waals surface area contributed by atoms with Crippen molar-refractivity contribution < 1.29 is 71.1 Å². The molecule has 0 aliphatic heterocycles. The van der Waals surface area contributed by atoms with Crippen molar-refractivity contribution in [2.45, 2.75) is 0 Å². The molecule has 0 radical (unpaired) electrons. The SMILES string of the molecule is COc1c[c-]ccc1.O=C(O)O.[K+]. The molecule has 0 bridgehead atoms. The molecule has 0 atom stereocenters. The van der Waals surface area contributed by atoms with Gasteiger partial charge in [-0.25, -0.2) is 4.79 Å². The summed E-state index contributed by atoms with van der Waals surface area (Å²) in [6, 6.07) is 10.3. The van der Waals surface area contributed by atoms with E-state index in [2.05, 4.69) is 6.07 Å². The van der Waals surface area contributed by atoms with Crippen LogP contribution in [0.5, 0.6) is 5.75 Å². The van der Waals surface area contributed by atoms with Crippen molar-refractivity contribution in [1.29, 1.82) is 0 Å². The molecule has 5 heteroatoms. The normalized spacial score (nSPS) is 7.15. The monoisotopic (exact) mass is 208 g/mol. The van der Waals surface area contributed by atoms with E-state index < -0.39 is 6.16 Å². The summed E-state index contributed by atoms with van der Waals surface area (Å²) in [5.41, 5.74) is 0. The minimum absolute atomic E-state index is 0. The summed E-state index contributed by atoms with van der Waals surface area (Å²) in [5, 5.41) is 13.9. The smallest absolute Gasteiger partial charge is 0.554 e. The van der Waals surface area contributed by atoms with Gasteiger partial charge in [-0.2, -0.15) is 18.2 Å². The van der Waals surface area contributed by atoms with E-state index in [0.29, 0.717) is 0 Å². The van der Waals surface area contributed by atoms with Crippen molar-refractivity contribution >= 4 is 6.16 Å². The van der Waals surface area contributed by atoms with Crippen LogP contribution in [0.3, 0.4) is 0 Å². The van der Waals surface area contributed by atoms with Crippen molar-refractivity contribution in [1.82, 2.24) is 0 Å². The van der Waals surface area contributed by atoms with Gasteiger partial charge in [-0.15, -0.1) is 12.1 Å². The minimum atomic E-state index is -1.83. The van der Waals surface area contributed by atoms with Gasteiger partial charge in [0.1, 0.15) is 0 Å². The van der Waals surface area contributed by atoms with Crippen LogP contribution in [-0.2, 0) is 0 Å². The zero-order valence-electron chi connectivity index (χ0n) is 7.52. The van der Waals surface area contributed by atoms with Gasteiger partial charge in [-0.1, -0.05) is 0 Å². The molecule has 0 saturated carbocycles. The van der Waals surface area contributed by atoms with Crippen LogP contribution < -0.4 is 56.1 Å². The molecule has 1 rings (SSSR count). The molecule has 2 N–H and O–H groups in total. The summed E-state index contributed by atoms with van der Waals surface area (Å²) in [4.78, 5) is 8.56. The Hall–Kier alpha value is -0.0736. The molecule has 0 aromatic heterocycles. The molecule has 0 spiro atoms. The van der Waals surface area contributed by atoms with Gasteiger partial charge in [-0.3, -0.25) is 0 Å². The van der Waals surface area contributed by atoms with Crippen LogP contribution in [0.4, 0.5) is 4.79 Å². The van der Waals surface area contributed by atoms with Gasteiger partial charge in [0, 0.05) is 5.75 Å². The third kappa shape index (κ3) is 11.9. The quantitative estimate of drug-likeness (QED) is 0.446. The Morgan fingerprint density at radius 1 is 1.54 bits per heavy atom.